The van der Waals surface area contributed by atoms with Gasteiger partial charge in [0.15, 0.2) is 0 Å². The fourth-order valence-electron chi connectivity index (χ4n) is 1.55. The molecular formula is C12H18ClN3. The van der Waals surface area contributed by atoms with E-state index in [-0.39, 0.29) is 0 Å². The van der Waals surface area contributed by atoms with E-state index in [1.807, 2.05) is 24.2 Å². The third kappa shape index (κ3) is 2.86. The molecule has 3 nitrogen and oxygen atoms in total. The van der Waals surface area contributed by atoms with Gasteiger partial charge in [-0.25, -0.2) is 4.98 Å². The fourth-order valence-corrected chi connectivity index (χ4v) is 1.88. The van der Waals surface area contributed by atoms with E-state index in [9.17, 15) is 0 Å². The molecule has 16 heavy (non-hydrogen) atoms. The number of halogens is 1. The van der Waals surface area contributed by atoms with E-state index in [4.69, 9.17) is 11.6 Å². The molecule has 1 N–H and O–H groups in total. The van der Waals surface area contributed by atoms with Crippen LogP contribution in [-0.2, 0) is 6.54 Å². The molecule has 0 aliphatic heterocycles. The Morgan fingerprint density at radius 3 is 2.88 bits per heavy atom. The molecule has 2 rings (SSSR count). The third-order valence-corrected chi connectivity index (χ3v) is 3.16. The minimum absolute atomic E-state index is 0.719. The van der Waals surface area contributed by atoms with Crippen molar-refractivity contribution in [2.24, 2.45) is 0 Å². The van der Waals surface area contributed by atoms with Gasteiger partial charge in [0.25, 0.3) is 0 Å². The second-order valence-corrected chi connectivity index (χ2v) is 4.73. The highest BCUT2D eigenvalue weighted by atomic mass is 35.5. The Labute approximate surface area is 102 Å². The van der Waals surface area contributed by atoms with Crippen molar-refractivity contribution in [2.75, 3.05) is 18.5 Å². The molecule has 0 bridgehead atoms. The van der Waals surface area contributed by atoms with Crippen LogP contribution in [0.25, 0.3) is 0 Å². The first-order valence-corrected chi connectivity index (χ1v) is 6.17. The molecule has 1 aromatic rings. The zero-order valence-corrected chi connectivity index (χ0v) is 10.6. The summed E-state index contributed by atoms with van der Waals surface area (Å²) >= 11 is 6.20. The number of aromatic nitrogens is 1. The van der Waals surface area contributed by atoms with Gasteiger partial charge in [-0.3, -0.25) is 0 Å². The normalized spacial score (nSPS) is 15.2. The summed E-state index contributed by atoms with van der Waals surface area (Å²) in [6.07, 6.45) is 4.51. The SMILES string of the molecule is CCN(C)c1ncc(CNC2CC2)cc1Cl. The molecule has 4 heteroatoms. The molecule has 1 heterocycles. The first kappa shape index (κ1) is 11.7. The minimum atomic E-state index is 0.719. The maximum Gasteiger partial charge on any atom is 0.147 e. The Morgan fingerprint density at radius 1 is 1.56 bits per heavy atom. The van der Waals surface area contributed by atoms with E-state index >= 15 is 0 Å². The number of nitrogens with one attached hydrogen (secondary N) is 1. The highest BCUT2D eigenvalue weighted by Gasteiger charge is 2.20. The summed E-state index contributed by atoms with van der Waals surface area (Å²) in [6, 6.07) is 2.72. The van der Waals surface area contributed by atoms with E-state index in [2.05, 4.69) is 17.2 Å². The maximum absolute atomic E-state index is 6.20. The smallest absolute Gasteiger partial charge is 0.147 e. The van der Waals surface area contributed by atoms with Crippen LogP contribution in [0, 0.1) is 0 Å². The van der Waals surface area contributed by atoms with Gasteiger partial charge in [-0.05, 0) is 31.4 Å². The predicted octanol–water partition coefficient (Wildman–Crippen LogP) is 2.44. The molecule has 1 aromatic heterocycles. The summed E-state index contributed by atoms with van der Waals surface area (Å²) in [5.74, 6) is 0.860. The average molecular weight is 240 g/mol. The largest absolute Gasteiger partial charge is 0.359 e. The summed E-state index contributed by atoms with van der Waals surface area (Å²) in [5, 5.41) is 4.19. The Kier molecular flexibility index (Phi) is 3.66. The second kappa shape index (κ2) is 5.02. The average Bonchev–Trinajstić information content (AvgIpc) is 3.09. The lowest BCUT2D eigenvalue weighted by atomic mass is 10.2. The van der Waals surface area contributed by atoms with Crippen LogP contribution >= 0.6 is 11.6 Å². The van der Waals surface area contributed by atoms with Crippen molar-refractivity contribution in [1.82, 2.24) is 10.3 Å². The molecule has 0 unspecified atom stereocenters. The van der Waals surface area contributed by atoms with E-state index < -0.39 is 0 Å². The van der Waals surface area contributed by atoms with Gasteiger partial charge >= 0.3 is 0 Å². The van der Waals surface area contributed by atoms with Crippen molar-refractivity contribution >= 4 is 17.4 Å². The van der Waals surface area contributed by atoms with E-state index in [1.165, 1.54) is 12.8 Å². The van der Waals surface area contributed by atoms with Gasteiger partial charge in [0.1, 0.15) is 5.82 Å². The van der Waals surface area contributed by atoms with Crippen molar-refractivity contribution in [3.63, 3.8) is 0 Å². The summed E-state index contributed by atoms with van der Waals surface area (Å²) in [7, 11) is 2.00. The van der Waals surface area contributed by atoms with Crippen LogP contribution in [0.15, 0.2) is 12.3 Å². The molecule has 0 spiro atoms. The highest BCUT2D eigenvalue weighted by molar-refractivity contribution is 6.33. The topological polar surface area (TPSA) is 28.2 Å². The van der Waals surface area contributed by atoms with Gasteiger partial charge in [0.05, 0.1) is 5.02 Å². The summed E-state index contributed by atoms with van der Waals surface area (Å²) in [6.45, 7) is 3.86. The summed E-state index contributed by atoms with van der Waals surface area (Å²) in [4.78, 5) is 6.44. The number of hydrogen-bond acceptors (Lipinski definition) is 3. The van der Waals surface area contributed by atoms with Crippen molar-refractivity contribution < 1.29 is 0 Å². The van der Waals surface area contributed by atoms with Gasteiger partial charge in [-0.15, -0.1) is 0 Å². The maximum atomic E-state index is 6.20. The van der Waals surface area contributed by atoms with Crippen LogP contribution in [0.3, 0.4) is 0 Å². The van der Waals surface area contributed by atoms with Crippen molar-refractivity contribution in [1.29, 1.82) is 0 Å². The van der Waals surface area contributed by atoms with Crippen LogP contribution in [0.2, 0.25) is 5.02 Å². The summed E-state index contributed by atoms with van der Waals surface area (Å²) < 4.78 is 0. The Balaban J connectivity index is 2.02. The Hall–Kier alpha value is -0.800. The minimum Gasteiger partial charge on any atom is -0.359 e. The molecule has 1 aliphatic carbocycles. The predicted molar refractivity (Wildman–Crippen MR) is 68.1 cm³/mol. The number of pyridine rings is 1. The molecule has 1 aliphatic rings. The molecule has 0 amide bonds. The van der Waals surface area contributed by atoms with Gasteiger partial charge in [0, 0.05) is 32.4 Å². The third-order valence-electron chi connectivity index (χ3n) is 2.89. The van der Waals surface area contributed by atoms with Crippen LogP contribution in [0.5, 0.6) is 0 Å². The first-order chi connectivity index (χ1) is 7.70. The fraction of sp³-hybridized carbons (Fsp3) is 0.583. The van der Waals surface area contributed by atoms with Gasteiger partial charge in [-0.1, -0.05) is 11.6 Å². The van der Waals surface area contributed by atoms with Gasteiger partial charge < -0.3 is 10.2 Å². The monoisotopic (exact) mass is 239 g/mol. The Bertz CT molecular complexity index is 363. The Morgan fingerprint density at radius 2 is 2.31 bits per heavy atom. The molecule has 0 aromatic carbocycles. The molecule has 0 atom stereocenters. The van der Waals surface area contributed by atoms with Gasteiger partial charge in [-0.2, -0.15) is 0 Å². The van der Waals surface area contributed by atoms with Crippen molar-refractivity contribution in [3.05, 3.63) is 22.8 Å². The summed E-state index contributed by atoms with van der Waals surface area (Å²) in [5.41, 5.74) is 1.16. The van der Waals surface area contributed by atoms with Crippen LogP contribution in [0.4, 0.5) is 5.82 Å². The van der Waals surface area contributed by atoms with Crippen molar-refractivity contribution in [2.45, 2.75) is 32.4 Å². The molecule has 1 saturated carbocycles. The van der Waals surface area contributed by atoms with Crippen molar-refractivity contribution in [3.8, 4) is 0 Å². The van der Waals surface area contributed by atoms with Crippen LogP contribution in [0.1, 0.15) is 25.3 Å². The lowest BCUT2D eigenvalue weighted by Gasteiger charge is -2.17. The number of anilines is 1. The molecular weight excluding hydrogens is 222 g/mol. The lowest BCUT2D eigenvalue weighted by molar-refractivity contribution is 0.686. The first-order valence-electron chi connectivity index (χ1n) is 5.79. The van der Waals surface area contributed by atoms with Crippen LogP contribution < -0.4 is 10.2 Å². The lowest BCUT2D eigenvalue weighted by Crippen LogP contribution is -2.19. The van der Waals surface area contributed by atoms with E-state index in [0.29, 0.717) is 0 Å². The second-order valence-electron chi connectivity index (χ2n) is 4.32. The van der Waals surface area contributed by atoms with E-state index in [1.54, 1.807) is 0 Å². The highest BCUT2D eigenvalue weighted by Crippen LogP contribution is 2.24. The van der Waals surface area contributed by atoms with E-state index in [0.717, 1.165) is 35.5 Å². The zero-order chi connectivity index (χ0) is 11.5. The standard InChI is InChI=1S/C12H18ClN3/c1-3-16(2)12-11(13)6-9(8-15-12)7-14-10-4-5-10/h6,8,10,14H,3-5,7H2,1-2H3. The number of hydrogen-bond donors (Lipinski definition) is 1. The quantitative estimate of drug-likeness (QED) is 0.856. The zero-order valence-electron chi connectivity index (χ0n) is 9.83. The molecule has 88 valence electrons. The van der Waals surface area contributed by atoms with Crippen LogP contribution in [-0.4, -0.2) is 24.6 Å². The molecule has 0 saturated heterocycles. The number of rotatable bonds is 5. The molecule has 0 radical (unpaired) electrons. The van der Waals surface area contributed by atoms with Gasteiger partial charge in [0.2, 0.25) is 0 Å². The number of nitrogens with zero attached hydrogens (tertiary/aromatic N) is 2. The molecule has 1 fully saturated rings.